The zero-order valence-electron chi connectivity index (χ0n) is 14.5. The molecule has 2 aliphatic heterocycles. The number of carbonyl (C=O) groups excluding carboxylic acids is 3. The monoisotopic (exact) mass is 326 g/mol. The van der Waals surface area contributed by atoms with Gasteiger partial charge in [-0.2, -0.15) is 0 Å². The van der Waals surface area contributed by atoms with E-state index >= 15 is 0 Å². The fourth-order valence-corrected chi connectivity index (χ4v) is 3.20. The van der Waals surface area contributed by atoms with Crippen LogP contribution in [0.4, 0.5) is 4.79 Å². The maximum Gasteiger partial charge on any atom is 0.410 e. The van der Waals surface area contributed by atoms with Crippen LogP contribution in [0.5, 0.6) is 0 Å². The lowest BCUT2D eigenvalue weighted by Crippen LogP contribution is -2.67. The fourth-order valence-electron chi connectivity index (χ4n) is 3.20. The number of rotatable bonds is 2. The van der Waals surface area contributed by atoms with Gasteiger partial charge in [0.05, 0.1) is 6.61 Å². The molecule has 0 unspecified atom stereocenters. The van der Waals surface area contributed by atoms with Crippen LogP contribution in [-0.2, 0) is 19.1 Å². The van der Waals surface area contributed by atoms with E-state index in [2.05, 4.69) is 0 Å². The van der Waals surface area contributed by atoms with Crippen molar-refractivity contribution in [1.82, 2.24) is 9.80 Å². The van der Waals surface area contributed by atoms with Crippen molar-refractivity contribution in [2.75, 3.05) is 26.7 Å². The van der Waals surface area contributed by atoms with E-state index in [0.29, 0.717) is 6.54 Å². The molecule has 0 aliphatic carbocycles. The van der Waals surface area contributed by atoms with Crippen LogP contribution in [0.15, 0.2) is 0 Å². The number of fused-ring (bicyclic) bond motifs is 2. The van der Waals surface area contributed by atoms with Gasteiger partial charge < -0.3 is 14.4 Å². The molecule has 7 nitrogen and oxygen atoms in total. The first-order valence-corrected chi connectivity index (χ1v) is 8.03. The van der Waals surface area contributed by atoms with E-state index in [1.165, 1.54) is 0 Å². The Hall–Kier alpha value is -1.63. The van der Waals surface area contributed by atoms with Crippen LogP contribution in [-0.4, -0.2) is 72.1 Å². The van der Waals surface area contributed by atoms with Crippen LogP contribution in [0.25, 0.3) is 0 Å². The smallest absolute Gasteiger partial charge is 0.410 e. The van der Waals surface area contributed by atoms with Gasteiger partial charge in [0.2, 0.25) is 0 Å². The number of ether oxygens (including phenoxy) is 2. The summed E-state index contributed by atoms with van der Waals surface area (Å²) in [4.78, 5) is 40.4. The molecule has 2 saturated heterocycles. The Morgan fingerprint density at radius 1 is 1.26 bits per heavy atom. The molecule has 0 N–H and O–H groups in total. The Labute approximate surface area is 136 Å². The van der Waals surface area contributed by atoms with E-state index < -0.39 is 23.6 Å². The highest BCUT2D eigenvalue weighted by molar-refractivity contribution is 6.01. The third-order valence-corrected chi connectivity index (χ3v) is 4.30. The van der Waals surface area contributed by atoms with E-state index in [4.69, 9.17) is 9.47 Å². The Kier molecular flexibility index (Phi) is 4.98. The van der Waals surface area contributed by atoms with Crippen molar-refractivity contribution >= 4 is 17.8 Å². The lowest BCUT2D eigenvalue weighted by atomic mass is 9.81. The van der Waals surface area contributed by atoms with E-state index in [-0.39, 0.29) is 37.4 Å². The van der Waals surface area contributed by atoms with Crippen LogP contribution in [0.1, 0.15) is 34.1 Å². The summed E-state index contributed by atoms with van der Waals surface area (Å²) in [5.41, 5.74) is -0.577. The highest BCUT2D eigenvalue weighted by atomic mass is 16.6. The number of Topliss-reactive ketones (excluding diaryl/α,β-unsaturated/α-hetero) is 1. The number of amides is 1. The molecular formula is C16H26N2O5. The average Bonchev–Trinajstić information content (AvgIpc) is 2.38. The Morgan fingerprint density at radius 3 is 2.48 bits per heavy atom. The topological polar surface area (TPSA) is 76.2 Å². The molecule has 7 heteroatoms. The summed E-state index contributed by atoms with van der Waals surface area (Å²) in [6.45, 7) is 8.11. The number of likely N-dealkylation sites (N-methyl/N-ethyl adjacent to an activating group) is 1. The standard InChI is InChI=1S/C16H26N2O5/c1-6-22-14(20)13-11-9-18(15(21)23-16(2,3)4)8-10(17(11)5)7-12(13)19/h10-11,13H,6-9H2,1-5H3/t10-,11+,13+/m0/s1. The van der Waals surface area contributed by atoms with Gasteiger partial charge in [-0.25, -0.2) is 4.79 Å². The number of piperidine rings is 1. The number of esters is 1. The normalized spacial score (nSPS) is 28.5. The molecule has 0 aromatic rings. The Morgan fingerprint density at radius 2 is 1.91 bits per heavy atom. The molecule has 2 fully saturated rings. The lowest BCUT2D eigenvalue weighted by molar-refractivity contribution is -0.161. The van der Waals surface area contributed by atoms with E-state index in [9.17, 15) is 14.4 Å². The van der Waals surface area contributed by atoms with Gasteiger partial charge in [-0.3, -0.25) is 14.5 Å². The van der Waals surface area contributed by atoms with Crippen molar-refractivity contribution in [2.45, 2.75) is 51.8 Å². The van der Waals surface area contributed by atoms with Crippen molar-refractivity contribution in [3.63, 3.8) is 0 Å². The van der Waals surface area contributed by atoms with Crippen molar-refractivity contribution in [3.8, 4) is 0 Å². The van der Waals surface area contributed by atoms with Crippen LogP contribution in [0.3, 0.4) is 0 Å². The number of hydrogen-bond acceptors (Lipinski definition) is 6. The summed E-state index contributed by atoms with van der Waals surface area (Å²) < 4.78 is 10.5. The number of nitrogens with zero attached hydrogens (tertiary/aromatic N) is 2. The molecule has 2 rings (SSSR count). The fraction of sp³-hybridized carbons (Fsp3) is 0.812. The number of likely N-dealkylation sites (tertiary alicyclic amines) is 1. The quantitative estimate of drug-likeness (QED) is 0.558. The highest BCUT2D eigenvalue weighted by Crippen LogP contribution is 2.31. The number of ketones is 1. The molecule has 0 aromatic heterocycles. The van der Waals surface area contributed by atoms with Crippen LogP contribution in [0, 0.1) is 5.92 Å². The Balaban J connectivity index is 2.16. The third kappa shape index (κ3) is 3.83. The number of carbonyl (C=O) groups is 3. The lowest BCUT2D eigenvalue weighted by Gasteiger charge is -2.49. The molecule has 0 saturated carbocycles. The largest absolute Gasteiger partial charge is 0.465 e. The first-order valence-electron chi connectivity index (χ1n) is 8.03. The summed E-state index contributed by atoms with van der Waals surface area (Å²) in [6.07, 6.45) is -0.159. The Bertz CT molecular complexity index is 491. The molecule has 130 valence electrons. The van der Waals surface area contributed by atoms with Crippen LogP contribution >= 0.6 is 0 Å². The minimum absolute atomic E-state index is 0.0838. The van der Waals surface area contributed by atoms with Gasteiger partial charge in [-0.1, -0.05) is 0 Å². The second kappa shape index (κ2) is 6.47. The zero-order chi connectivity index (χ0) is 17.4. The maximum absolute atomic E-state index is 12.3. The number of hydrogen-bond donors (Lipinski definition) is 0. The second-order valence-corrected chi connectivity index (χ2v) is 7.17. The number of piperazine rings is 1. The average molecular weight is 326 g/mol. The van der Waals surface area contributed by atoms with E-state index in [0.717, 1.165) is 0 Å². The summed E-state index contributed by atoms with van der Waals surface area (Å²) in [6, 6.07) is -0.444. The molecule has 3 atom stereocenters. The van der Waals surface area contributed by atoms with E-state index in [1.54, 1.807) is 11.8 Å². The van der Waals surface area contributed by atoms with Crippen molar-refractivity contribution in [1.29, 1.82) is 0 Å². The van der Waals surface area contributed by atoms with Gasteiger partial charge in [0.25, 0.3) is 0 Å². The second-order valence-electron chi connectivity index (χ2n) is 7.17. The summed E-state index contributed by atoms with van der Waals surface area (Å²) >= 11 is 0. The van der Waals surface area contributed by atoms with Gasteiger partial charge in [-0.15, -0.1) is 0 Å². The van der Waals surface area contributed by atoms with Crippen molar-refractivity contribution in [2.24, 2.45) is 5.92 Å². The zero-order valence-corrected chi connectivity index (χ0v) is 14.5. The van der Waals surface area contributed by atoms with Gasteiger partial charge in [0.1, 0.15) is 17.3 Å². The van der Waals surface area contributed by atoms with Gasteiger partial charge in [0.15, 0.2) is 0 Å². The van der Waals surface area contributed by atoms with Crippen LogP contribution < -0.4 is 0 Å². The van der Waals surface area contributed by atoms with E-state index in [1.807, 2.05) is 32.7 Å². The van der Waals surface area contributed by atoms with Crippen LogP contribution in [0.2, 0.25) is 0 Å². The molecule has 0 aromatic carbocycles. The van der Waals surface area contributed by atoms with Crippen molar-refractivity contribution < 1.29 is 23.9 Å². The highest BCUT2D eigenvalue weighted by Gasteiger charge is 2.50. The molecular weight excluding hydrogens is 300 g/mol. The summed E-state index contributed by atoms with van der Waals surface area (Å²) in [7, 11) is 1.89. The van der Waals surface area contributed by atoms with Crippen molar-refractivity contribution in [3.05, 3.63) is 0 Å². The predicted molar refractivity (Wildman–Crippen MR) is 82.9 cm³/mol. The van der Waals surface area contributed by atoms with Gasteiger partial charge in [0, 0.05) is 31.6 Å². The molecule has 2 aliphatic rings. The predicted octanol–water partition coefficient (Wildman–Crippen LogP) is 1.06. The first-order chi connectivity index (χ1) is 10.6. The SMILES string of the molecule is CCOC(=O)[C@H]1C(=O)C[C@H]2CN(C(=O)OC(C)(C)C)C[C@H]1N2C. The maximum atomic E-state index is 12.3. The molecule has 23 heavy (non-hydrogen) atoms. The molecule has 2 bridgehead atoms. The molecule has 1 amide bonds. The first kappa shape index (κ1) is 17.7. The molecule has 0 radical (unpaired) electrons. The molecule has 0 spiro atoms. The minimum Gasteiger partial charge on any atom is -0.465 e. The minimum atomic E-state index is -0.832. The molecule has 2 heterocycles. The summed E-state index contributed by atoms with van der Waals surface area (Å²) in [5.74, 6) is -1.43. The van der Waals surface area contributed by atoms with Gasteiger partial charge >= 0.3 is 12.1 Å². The third-order valence-electron chi connectivity index (χ3n) is 4.30. The summed E-state index contributed by atoms with van der Waals surface area (Å²) in [5, 5.41) is 0. The van der Waals surface area contributed by atoms with Gasteiger partial charge in [-0.05, 0) is 34.7 Å².